The molecule has 190 valence electrons. The lowest BCUT2D eigenvalue weighted by molar-refractivity contribution is -0.122. The highest BCUT2D eigenvalue weighted by Crippen LogP contribution is 2.28. The van der Waals surface area contributed by atoms with Crippen LogP contribution in [0, 0.1) is 5.82 Å². The van der Waals surface area contributed by atoms with Gasteiger partial charge in [0.15, 0.2) is 0 Å². The Labute approximate surface area is 218 Å². The van der Waals surface area contributed by atoms with Gasteiger partial charge in [0, 0.05) is 17.1 Å². The van der Waals surface area contributed by atoms with Crippen LogP contribution in [0.3, 0.4) is 0 Å². The second kappa shape index (κ2) is 11.3. The molecule has 0 spiro atoms. The van der Waals surface area contributed by atoms with Gasteiger partial charge in [-0.3, -0.25) is 14.4 Å². The summed E-state index contributed by atoms with van der Waals surface area (Å²) in [6.45, 7) is 2.05. The molecule has 1 aliphatic rings. The Morgan fingerprint density at radius 1 is 1.03 bits per heavy atom. The lowest BCUT2D eigenvalue weighted by Crippen LogP contribution is -2.46. The van der Waals surface area contributed by atoms with Gasteiger partial charge in [0.25, 0.3) is 11.8 Å². The van der Waals surface area contributed by atoms with Crippen molar-refractivity contribution >= 4 is 41.0 Å². The molecular formula is C28H24ClFN2O5. The zero-order valence-corrected chi connectivity index (χ0v) is 20.8. The summed E-state index contributed by atoms with van der Waals surface area (Å²) >= 11 is 6.09. The number of carbonyl (C=O) groups excluding carboxylic acids is 4. The van der Waals surface area contributed by atoms with Crippen molar-refractivity contribution in [3.63, 3.8) is 0 Å². The number of esters is 1. The lowest BCUT2D eigenvalue weighted by Gasteiger charge is -2.28. The zero-order chi connectivity index (χ0) is 26.5. The summed E-state index contributed by atoms with van der Waals surface area (Å²) in [5.41, 5.74) is 1.63. The van der Waals surface area contributed by atoms with Gasteiger partial charge in [-0.25, -0.2) is 14.1 Å². The Morgan fingerprint density at radius 3 is 2.35 bits per heavy atom. The molecule has 3 aromatic carbocycles. The molecule has 4 rings (SSSR count). The van der Waals surface area contributed by atoms with Crippen molar-refractivity contribution in [3.05, 3.63) is 100 Å². The molecule has 0 aliphatic carbocycles. The summed E-state index contributed by atoms with van der Waals surface area (Å²) in [5, 5.41) is 0.540. The Balaban J connectivity index is 1.60. The van der Waals surface area contributed by atoms with Gasteiger partial charge in [-0.05, 0) is 79.6 Å². The number of rotatable bonds is 8. The maximum Gasteiger partial charge on any atom is 0.338 e. The quantitative estimate of drug-likeness (QED) is 0.317. The standard InChI is InChI=1S/C28H24ClFN2O5/c1-2-37-28(36)20-8-12-23(13-9-20)32-25(33)17-24(27(32)35)31(15-14-18-4-3-5-21(29)16-18)26(34)19-6-10-22(30)11-7-19/h3-13,16,24H,2,14-15,17H2,1H3. The third kappa shape index (κ3) is 5.86. The summed E-state index contributed by atoms with van der Waals surface area (Å²) in [7, 11) is 0. The van der Waals surface area contributed by atoms with Crippen LogP contribution in [0.25, 0.3) is 0 Å². The first-order valence-electron chi connectivity index (χ1n) is 11.7. The Morgan fingerprint density at radius 2 is 1.70 bits per heavy atom. The van der Waals surface area contributed by atoms with Crippen molar-refractivity contribution < 1.29 is 28.3 Å². The molecule has 1 aliphatic heterocycles. The van der Waals surface area contributed by atoms with Crippen LogP contribution in [-0.2, 0) is 20.7 Å². The molecule has 0 aromatic heterocycles. The Hall–Kier alpha value is -4.04. The first-order chi connectivity index (χ1) is 17.8. The van der Waals surface area contributed by atoms with Crippen molar-refractivity contribution in [3.8, 4) is 0 Å². The number of amides is 3. The van der Waals surface area contributed by atoms with Crippen molar-refractivity contribution in [2.75, 3.05) is 18.1 Å². The molecule has 0 radical (unpaired) electrons. The van der Waals surface area contributed by atoms with Gasteiger partial charge in [-0.2, -0.15) is 0 Å². The predicted octanol–water partition coefficient (Wildman–Crippen LogP) is 4.67. The normalized spacial score (nSPS) is 15.1. The molecule has 0 saturated carbocycles. The van der Waals surface area contributed by atoms with E-state index in [-0.39, 0.29) is 36.4 Å². The van der Waals surface area contributed by atoms with Gasteiger partial charge in [0.05, 0.1) is 24.3 Å². The third-order valence-electron chi connectivity index (χ3n) is 6.02. The fourth-order valence-corrected chi connectivity index (χ4v) is 4.40. The molecular weight excluding hydrogens is 499 g/mol. The van der Waals surface area contributed by atoms with E-state index < -0.39 is 35.5 Å². The van der Waals surface area contributed by atoms with Crippen LogP contribution in [0.15, 0.2) is 72.8 Å². The number of imide groups is 1. The van der Waals surface area contributed by atoms with E-state index in [1.807, 2.05) is 6.07 Å². The number of carbonyl (C=O) groups is 4. The van der Waals surface area contributed by atoms with E-state index in [9.17, 15) is 23.6 Å². The van der Waals surface area contributed by atoms with Crippen LogP contribution in [0.5, 0.6) is 0 Å². The molecule has 3 amide bonds. The van der Waals surface area contributed by atoms with Crippen molar-refractivity contribution in [2.45, 2.75) is 25.8 Å². The molecule has 1 fully saturated rings. The van der Waals surface area contributed by atoms with Crippen molar-refractivity contribution in [2.24, 2.45) is 0 Å². The van der Waals surface area contributed by atoms with E-state index in [0.29, 0.717) is 11.4 Å². The number of hydrogen-bond donors (Lipinski definition) is 0. The fourth-order valence-electron chi connectivity index (χ4n) is 4.19. The number of ether oxygens (including phenoxy) is 1. The summed E-state index contributed by atoms with van der Waals surface area (Å²) in [6.07, 6.45) is 0.181. The molecule has 9 heteroatoms. The zero-order valence-electron chi connectivity index (χ0n) is 20.0. The maximum absolute atomic E-state index is 13.5. The van der Waals surface area contributed by atoms with Crippen LogP contribution < -0.4 is 4.90 Å². The predicted molar refractivity (Wildman–Crippen MR) is 136 cm³/mol. The van der Waals surface area contributed by atoms with Gasteiger partial charge in [0.2, 0.25) is 5.91 Å². The Kier molecular flexibility index (Phi) is 7.98. The number of hydrogen-bond acceptors (Lipinski definition) is 5. The number of anilines is 1. The monoisotopic (exact) mass is 522 g/mol. The first kappa shape index (κ1) is 26.0. The minimum Gasteiger partial charge on any atom is -0.462 e. The fraction of sp³-hybridized carbons (Fsp3) is 0.214. The summed E-state index contributed by atoms with van der Waals surface area (Å²) in [5.74, 6) is -2.53. The molecule has 37 heavy (non-hydrogen) atoms. The Bertz CT molecular complexity index is 1330. The SMILES string of the molecule is CCOC(=O)c1ccc(N2C(=O)CC(N(CCc3cccc(Cl)c3)C(=O)c3ccc(F)cc3)C2=O)cc1. The maximum atomic E-state index is 13.5. The van der Waals surface area contributed by atoms with E-state index in [1.165, 1.54) is 53.4 Å². The smallest absolute Gasteiger partial charge is 0.338 e. The number of halogens is 2. The highest BCUT2D eigenvalue weighted by molar-refractivity contribution is 6.30. The molecule has 0 N–H and O–H groups in total. The van der Waals surface area contributed by atoms with E-state index in [2.05, 4.69) is 0 Å². The molecule has 3 aromatic rings. The van der Waals surface area contributed by atoms with Crippen LogP contribution in [-0.4, -0.2) is 47.8 Å². The minimum absolute atomic E-state index is 0.135. The van der Waals surface area contributed by atoms with Gasteiger partial charge < -0.3 is 9.64 Å². The topological polar surface area (TPSA) is 84.0 Å². The van der Waals surface area contributed by atoms with Gasteiger partial charge in [-0.1, -0.05) is 23.7 Å². The first-order valence-corrected chi connectivity index (χ1v) is 12.1. The average Bonchev–Trinajstić information content (AvgIpc) is 3.18. The summed E-state index contributed by atoms with van der Waals surface area (Å²) < 4.78 is 18.4. The molecule has 1 heterocycles. The van der Waals surface area contributed by atoms with Crippen LogP contribution >= 0.6 is 11.6 Å². The molecule has 1 atom stereocenters. The number of benzene rings is 3. The van der Waals surface area contributed by atoms with Gasteiger partial charge >= 0.3 is 5.97 Å². The second-order valence-corrected chi connectivity index (χ2v) is 8.88. The molecule has 1 saturated heterocycles. The van der Waals surface area contributed by atoms with E-state index in [4.69, 9.17) is 16.3 Å². The summed E-state index contributed by atoms with van der Waals surface area (Å²) in [6, 6.07) is 17.0. The van der Waals surface area contributed by atoms with Gasteiger partial charge in [-0.15, -0.1) is 0 Å². The number of nitrogens with zero attached hydrogens (tertiary/aromatic N) is 2. The van der Waals surface area contributed by atoms with Crippen LogP contribution in [0.2, 0.25) is 5.02 Å². The minimum atomic E-state index is -1.05. The van der Waals surface area contributed by atoms with Crippen molar-refractivity contribution in [1.29, 1.82) is 0 Å². The van der Waals surface area contributed by atoms with Crippen LogP contribution in [0.4, 0.5) is 10.1 Å². The average molecular weight is 523 g/mol. The molecule has 0 bridgehead atoms. The summed E-state index contributed by atoms with van der Waals surface area (Å²) in [4.78, 5) is 54.2. The molecule has 1 unspecified atom stereocenters. The largest absolute Gasteiger partial charge is 0.462 e. The van der Waals surface area contributed by atoms with Gasteiger partial charge in [0.1, 0.15) is 11.9 Å². The highest BCUT2D eigenvalue weighted by atomic mass is 35.5. The van der Waals surface area contributed by atoms with E-state index in [0.717, 1.165) is 10.5 Å². The van der Waals surface area contributed by atoms with E-state index in [1.54, 1.807) is 25.1 Å². The lowest BCUT2D eigenvalue weighted by atomic mass is 10.1. The second-order valence-electron chi connectivity index (χ2n) is 8.44. The van der Waals surface area contributed by atoms with E-state index >= 15 is 0 Å². The third-order valence-corrected chi connectivity index (χ3v) is 6.25. The highest BCUT2D eigenvalue weighted by Gasteiger charge is 2.44. The van der Waals surface area contributed by atoms with Crippen molar-refractivity contribution in [1.82, 2.24) is 4.90 Å². The molecule has 7 nitrogen and oxygen atoms in total. The van der Waals surface area contributed by atoms with Crippen LogP contribution in [0.1, 0.15) is 39.6 Å².